The van der Waals surface area contributed by atoms with E-state index in [2.05, 4.69) is 17.9 Å². The summed E-state index contributed by atoms with van der Waals surface area (Å²) in [7, 11) is 0. The molecule has 2 atom stereocenters. The van der Waals surface area contributed by atoms with Crippen LogP contribution in [0.1, 0.15) is 38.8 Å². The van der Waals surface area contributed by atoms with Crippen LogP contribution in [-0.2, 0) is 12.2 Å². The maximum absolute atomic E-state index is 14.7. The number of benzene rings is 3. The van der Waals surface area contributed by atoms with Crippen molar-refractivity contribution < 1.29 is 53.5 Å². The van der Waals surface area contributed by atoms with E-state index < -0.39 is 71.7 Å². The number of nitrogens with zero attached hydrogens (tertiary/aromatic N) is 2. The van der Waals surface area contributed by atoms with E-state index in [1.807, 2.05) is 27.9 Å². The molecule has 0 fully saturated rings. The summed E-state index contributed by atoms with van der Waals surface area (Å²) in [6.45, 7) is 1.03. The number of thiol groups is 1. The standard InChI is InChI=1S/C29H21F10IN4O2S/c1-13(12-47)44-21-9-14(5-7-18(21)41-23(45)16-3-2-4-17(40)22(16)24(44)46)11-43-20-8-6-15(10-19(20)42-25(43)27(31,32)33)26(30,28(34,35)36)29(37,38)39/h2-10,13,25,42,47H,11-12H2,1H3,(H,41,45)/t13-,25?/m0/s1. The molecule has 3 aromatic carbocycles. The highest BCUT2D eigenvalue weighted by molar-refractivity contribution is 14.1. The molecule has 18 heteroatoms. The van der Waals surface area contributed by atoms with Crippen molar-refractivity contribution in [1.29, 1.82) is 0 Å². The Morgan fingerprint density at radius 3 is 2.13 bits per heavy atom. The summed E-state index contributed by atoms with van der Waals surface area (Å²) in [5, 5.41) is 4.58. The Kier molecular flexibility index (Phi) is 8.85. The monoisotopic (exact) mass is 806 g/mol. The summed E-state index contributed by atoms with van der Waals surface area (Å²) >= 11 is 6.19. The minimum atomic E-state index is -6.47. The van der Waals surface area contributed by atoms with Crippen LogP contribution in [0.2, 0.25) is 0 Å². The molecule has 0 saturated heterocycles. The normalized spacial score (nSPS) is 17.7. The van der Waals surface area contributed by atoms with E-state index in [9.17, 15) is 53.5 Å². The lowest BCUT2D eigenvalue weighted by molar-refractivity contribution is -0.348. The van der Waals surface area contributed by atoms with Crippen LogP contribution in [0, 0.1) is 3.57 Å². The molecule has 252 valence electrons. The third-order valence-electron chi connectivity index (χ3n) is 7.72. The van der Waals surface area contributed by atoms with Gasteiger partial charge in [0.15, 0.2) is 6.17 Å². The number of rotatable bonds is 5. The molecule has 6 nitrogen and oxygen atoms in total. The Labute approximate surface area is 279 Å². The second-order valence-corrected chi connectivity index (χ2v) is 12.3. The molecule has 3 aromatic rings. The van der Waals surface area contributed by atoms with Gasteiger partial charge in [0.25, 0.3) is 11.8 Å². The third-order valence-corrected chi connectivity index (χ3v) is 9.15. The Hall–Kier alpha value is -3.42. The van der Waals surface area contributed by atoms with Gasteiger partial charge in [-0.2, -0.15) is 52.1 Å². The average molecular weight is 806 g/mol. The molecule has 0 radical (unpaired) electrons. The zero-order chi connectivity index (χ0) is 34.9. The predicted molar refractivity (Wildman–Crippen MR) is 165 cm³/mol. The minimum Gasteiger partial charge on any atom is -0.356 e. The maximum atomic E-state index is 14.7. The molecule has 2 amide bonds. The van der Waals surface area contributed by atoms with Crippen molar-refractivity contribution in [3.63, 3.8) is 0 Å². The van der Waals surface area contributed by atoms with E-state index in [1.54, 1.807) is 19.1 Å². The molecule has 0 saturated carbocycles. The fourth-order valence-electron chi connectivity index (χ4n) is 5.45. The maximum Gasteiger partial charge on any atom is 0.435 e. The van der Waals surface area contributed by atoms with E-state index in [0.29, 0.717) is 14.5 Å². The van der Waals surface area contributed by atoms with Gasteiger partial charge in [-0.3, -0.25) is 9.59 Å². The lowest BCUT2D eigenvalue weighted by Crippen LogP contribution is -2.50. The van der Waals surface area contributed by atoms with Gasteiger partial charge in [0.1, 0.15) is 0 Å². The van der Waals surface area contributed by atoms with Gasteiger partial charge in [0, 0.05) is 27.5 Å². The van der Waals surface area contributed by atoms with Crippen LogP contribution in [0.25, 0.3) is 0 Å². The van der Waals surface area contributed by atoms with Crippen molar-refractivity contribution in [2.45, 2.75) is 49.9 Å². The summed E-state index contributed by atoms with van der Waals surface area (Å²) < 4.78 is 138. The molecule has 2 aliphatic heterocycles. The van der Waals surface area contributed by atoms with Crippen LogP contribution in [0.4, 0.5) is 66.7 Å². The highest BCUT2D eigenvalue weighted by Crippen LogP contribution is 2.55. The van der Waals surface area contributed by atoms with Crippen molar-refractivity contribution in [2.75, 3.05) is 26.2 Å². The van der Waals surface area contributed by atoms with Crippen LogP contribution >= 0.6 is 35.2 Å². The summed E-state index contributed by atoms with van der Waals surface area (Å²) in [6, 6.07) is 8.83. The summed E-state index contributed by atoms with van der Waals surface area (Å²) in [4.78, 5) is 29.0. The van der Waals surface area contributed by atoms with Crippen molar-refractivity contribution in [3.05, 3.63) is 80.4 Å². The largest absolute Gasteiger partial charge is 0.435 e. The average Bonchev–Trinajstić information content (AvgIpc) is 3.34. The molecule has 1 unspecified atom stereocenters. The number of hydrogen-bond acceptors (Lipinski definition) is 5. The van der Waals surface area contributed by atoms with Crippen molar-refractivity contribution >= 4 is 69.8 Å². The van der Waals surface area contributed by atoms with Gasteiger partial charge in [-0.25, -0.2) is 4.39 Å². The summed E-state index contributed by atoms with van der Waals surface area (Å²) in [5.41, 5.74) is -8.53. The highest BCUT2D eigenvalue weighted by atomic mass is 127. The molecule has 0 bridgehead atoms. The van der Waals surface area contributed by atoms with Gasteiger partial charge in [-0.15, -0.1) is 0 Å². The van der Waals surface area contributed by atoms with E-state index >= 15 is 0 Å². The molecule has 2 heterocycles. The van der Waals surface area contributed by atoms with E-state index in [4.69, 9.17) is 0 Å². The van der Waals surface area contributed by atoms with Crippen LogP contribution in [0.5, 0.6) is 0 Å². The lowest BCUT2D eigenvalue weighted by Gasteiger charge is -2.34. The number of hydrogen-bond donors (Lipinski definition) is 3. The number of alkyl halides is 10. The number of carbonyl (C=O) groups is 2. The number of amides is 2. The molecule has 0 aliphatic carbocycles. The van der Waals surface area contributed by atoms with Crippen LogP contribution in [-0.4, -0.2) is 48.3 Å². The molecule has 0 aromatic heterocycles. The zero-order valence-corrected chi connectivity index (χ0v) is 26.6. The van der Waals surface area contributed by atoms with Crippen molar-refractivity contribution in [3.8, 4) is 0 Å². The highest BCUT2D eigenvalue weighted by Gasteiger charge is 2.73. The second kappa shape index (κ2) is 11.9. The molecular formula is C29H21F10IN4O2S. The number of halogens is 11. The second-order valence-electron chi connectivity index (χ2n) is 10.8. The van der Waals surface area contributed by atoms with Gasteiger partial charge >= 0.3 is 24.2 Å². The first-order valence-corrected chi connectivity index (χ1v) is 15.2. The van der Waals surface area contributed by atoms with Gasteiger partial charge in [-0.1, -0.05) is 18.2 Å². The van der Waals surface area contributed by atoms with Crippen molar-refractivity contribution in [1.82, 2.24) is 0 Å². The SMILES string of the molecule is C[C@@H](CS)N1C(=O)c2c(I)cccc2C(=O)Nc2ccc(CN3c4ccc(C(F)(C(F)(F)F)C(F)(F)F)cc4NC3C(F)(F)F)cc21. The van der Waals surface area contributed by atoms with E-state index in [0.717, 1.165) is 0 Å². The number of fused-ring (bicyclic) bond motifs is 3. The van der Waals surface area contributed by atoms with Crippen molar-refractivity contribution in [2.24, 2.45) is 0 Å². The number of anilines is 4. The fourth-order valence-corrected chi connectivity index (χ4v) is 6.34. The van der Waals surface area contributed by atoms with Gasteiger partial charge in [0.05, 0.1) is 33.9 Å². The fraction of sp³-hybridized carbons (Fsp3) is 0.310. The Morgan fingerprint density at radius 1 is 0.872 bits per heavy atom. The first kappa shape index (κ1) is 34.9. The number of carbonyl (C=O) groups excluding carboxylic acids is 2. The molecular weight excluding hydrogens is 785 g/mol. The Morgan fingerprint density at radius 2 is 1.53 bits per heavy atom. The quantitative estimate of drug-likeness (QED) is 0.138. The lowest BCUT2D eigenvalue weighted by atomic mass is 9.93. The number of nitrogens with one attached hydrogen (secondary N) is 2. The zero-order valence-electron chi connectivity index (χ0n) is 23.6. The summed E-state index contributed by atoms with van der Waals surface area (Å²) in [5.74, 6) is -1.07. The first-order valence-electron chi connectivity index (χ1n) is 13.4. The van der Waals surface area contributed by atoms with Gasteiger partial charge in [0.2, 0.25) is 0 Å². The van der Waals surface area contributed by atoms with E-state index in [-0.39, 0.29) is 46.0 Å². The minimum absolute atomic E-state index is 0.0545. The molecule has 0 spiro atoms. The topological polar surface area (TPSA) is 64.7 Å². The van der Waals surface area contributed by atoms with Crippen LogP contribution in [0.15, 0.2) is 54.6 Å². The smallest absolute Gasteiger partial charge is 0.356 e. The Balaban J connectivity index is 1.59. The molecule has 5 rings (SSSR count). The first-order chi connectivity index (χ1) is 21.7. The van der Waals surface area contributed by atoms with Crippen LogP contribution < -0.4 is 20.4 Å². The molecule has 2 N–H and O–H groups in total. The molecule has 2 aliphatic rings. The van der Waals surface area contributed by atoms with Gasteiger partial charge < -0.3 is 20.4 Å². The van der Waals surface area contributed by atoms with E-state index in [1.165, 1.54) is 29.2 Å². The van der Waals surface area contributed by atoms with Gasteiger partial charge in [-0.05, 0) is 71.5 Å². The molecule has 47 heavy (non-hydrogen) atoms. The van der Waals surface area contributed by atoms with Crippen LogP contribution in [0.3, 0.4) is 0 Å². The third kappa shape index (κ3) is 5.95. The predicted octanol–water partition coefficient (Wildman–Crippen LogP) is 8.43. The Bertz CT molecular complexity index is 1730. The summed E-state index contributed by atoms with van der Waals surface area (Å²) in [6.07, 6.45) is -20.7.